The van der Waals surface area contributed by atoms with Gasteiger partial charge in [0.15, 0.2) is 0 Å². The molecule has 3 rings (SSSR count). The Hall–Kier alpha value is -1.58. The Labute approximate surface area is 126 Å². The van der Waals surface area contributed by atoms with Gasteiger partial charge in [0.1, 0.15) is 0 Å². The van der Waals surface area contributed by atoms with Crippen molar-refractivity contribution in [2.45, 2.75) is 39.0 Å². The highest BCUT2D eigenvalue weighted by Crippen LogP contribution is 2.25. The van der Waals surface area contributed by atoms with E-state index < -0.39 is 0 Å². The van der Waals surface area contributed by atoms with Gasteiger partial charge in [-0.25, -0.2) is 0 Å². The lowest BCUT2D eigenvalue weighted by atomic mass is 10.0. The fourth-order valence-corrected chi connectivity index (χ4v) is 3.14. The monoisotopic (exact) mass is 284 g/mol. The third kappa shape index (κ3) is 3.04. The average molecular weight is 284 g/mol. The van der Waals surface area contributed by atoms with Crippen LogP contribution in [0.3, 0.4) is 0 Å². The van der Waals surface area contributed by atoms with Gasteiger partial charge in [-0.3, -0.25) is 4.90 Å². The summed E-state index contributed by atoms with van der Waals surface area (Å²) in [4.78, 5) is 2.51. The first kappa shape index (κ1) is 14.4. The van der Waals surface area contributed by atoms with E-state index in [1.54, 1.807) is 0 Å². The summed E-state index contributed by atoms with van der Waals surface area (Å²) in [7, 11) is 0. The van der Waals surface area contributed by atoms with Crippen molar-refractivity contribution >= 4 is 16.5 Å². The molecule has 1 heterocycles. The van der Waals surface area contributed by atoms with Gasteiger partial charge in [-0.2, -0.15) is 0 Å². The molecular formula is C18H24N2O. The number of hydrogen-bond donors (Lipinski definition) is 1. The molecule has 1 fully saturated rings. The number of anilines is 1. The molecule has 3 heteroatoms. The average Bonchev–Trinajstić information content (AvgIpc) is 2.48. The largest absolute Gasteiger partial charge is 0.398 e. The van der Waals surface area contributed by atoms with Crippen LogP contribution in [-0.2, 0) is 11.3 Å². The number of hydrogen-bond acceptors (Lipinski definition) is 3. The smallest absolute Gasteiger partial charge is 0.0674 e. The van der Waals surface area contributed by atoms with E-state index in [0.29, 0.717) is 12.1 Å². The van der Waals surface area contributed by atoms with Crippen molar-refractivity contribution in [2.75, 3.05) is 18.9 Å². The van der Waals surface area contributed by atoms with Crippen LogP contribution in [0.5, 0.6) is 0 Å². The lowest BCUT2D eigenvalue weighted by molar-refractivity contribution is -0.0591. The molecule has 2 aromatic carbocycles. The van der Waals surface area contributed by atoms with E-state index in [9.17, 15) is 0 Å². The number of nitrogen functional groups attached to an aromatic ring is 1. The maximum Gasteiger partial charge on any atom is 0.0674 e. The highest BCUT2D eigenvalue weighted by Gasteiger charge is 2.25. The van der Waals surface area contributed by atoms with E-state index in [4.69, 9.17) is 10.5 Å². The third-order valence-corrected chi connectivity index (χ3v) is 4.43. The van der Waals surface area contributed by atoms with Crippen LogP contribution >= 0.6 is 0 Å². The van der Waals surface area contributed by atoms with E-state index in [2.05, 4.69) is 55.1 Å². The lowest BCUT2D eigenvalue weighted by Crippen LogP contribution is -2.47. The molecule has 112 valence electrons. The van der Waals surface area contributed by atoms with E-state index in [1.807, 2.05) is 0 Å². The van der Waals surface area contributed by atoms with Crippen molar-refractivity contribution < 1.29 is 4.74 Å². The summed E-state index contributed by atoms with van der Waals surface area (Å²) in [5.74, 6) is 0. The first-order valence-corrected chi connectivity index (χ1v) is 7.80. The Bertz CT molecular complexity index is 626. The number of morpholine rings is 1. The molecule has 1 aliphatic rings. The zero-order valence-corrected chi connectivity index (χ0v) is 12.9. The van der Waals surface area contributed by atoms with Crippen molar-refractivity contribution in [2.24, 2.45) is 0 Å². The van der Waals surface area contributed by atoms with Crippen LogP contribution in [0.15, 0.2) is 36.4 Å². The molecule has 0 bridgehead atoms. The first-order chi connectivity index (χ1) is 10.2. The topological polar surface area (TPSA) is 38.5 Å². The second-order valence-electron chi connectivity index (χ2n) is 6.03. The molecule has 2 aromatic rings. The van der Waals surface area contributed by atoms with Crippen molar-refractivity contribution in [3.05, 3.63) is 42.0 Å². The van der Waals surface area contributed by atoms with E-state index >= 15 is 0 Å². The molecule has 2 N–H and O–H groups in total. The van der Waals surface area contributed by atoms with Crippen LogP contribution in [-0.4, -0.2) is 30.2 Å². The predicted octanol–water partition coefficient (Wildman–Crippen LogP) is 3.42. The predicted molar refractivity (Wildman–Crippen MR) is 88.3 cm³/mol. The number of nitrogens with zero attached hydrogens (tertiary/aromatic N) is 1. The fraction of sp³-hybridized carbons (Fsp3) is 0.444. The highest BCUT2D eigenvalue weighted by atomic mass is 16.5. The fourth-order valence-electron chi connectivity index (χ4n) is 3.14. The highest BCUT2D eigenvalue weighted by molar-refractivity contribution is 5.86. The molecule has 0 spiro atoms. The quantitative estimate of drug-likeness (QED) is 0.878. The van der Waals surface area contributed by atoms with Gasteiger partial charge in [0, 0.05) is 24.8 Å². The Morgan fingerprint density at radius 2 is 1.95 bits per heavy atom. The molecule has 2 unspecified atom stereocenters. The molecule has 3 nitrogen and oxygen atoms in total. The van der Waals surface area contributed by atoms with Gasteiger partial charge in [-0.15, -0.1) is 0 Å². The number of nitrogens with two attached hydrogens (primary N) is 1. The second kappa shape index (κ2) is 6.04. The Balaban J connectivity index is 1.87. The minimum atomic E-state index is 0.300. The molecule has 2 atom stereocenters. The van der Waals surface area contributed by atoms with Crippen molar-refractivity contribution in [1.29, 1.82) is 0 Å². The first-order valence-electron chi connectivity index (χ1n) is 7.80. The van der Waals surface area contributed by atoms with E-state index in [1.165, 1.54) is 16.3 Å². The van der Waals surface area contributed by atoms with Crippen molar-refractivity contribution in [3.8, 4) is 0 Å². The third-order valence-electron chi connectivity index (χ3n) is 4.43. The summed E-state index contributed by atoms with van der Waals surface area (Å²) in [5, 5.41) is 2.47. The number of ether oxygens (including phenoxy) is 1. The summed E-state index contributed by atoms with van der Waals surface area (Å²) in [6.45, 7) is 7.07. The zero-order chi connectivity index (χ0) is 14.8. The van der Waals surface area contributed by atoms with Crippen LogP contribution in [0.4, 0.5) is 5.69 Å². The minimum Gasteiger partial charge on any atom is -0.398 e. The normalized spacial score (nSPS) is 23.5. The molecule has 0 amide bonds. The molecule has 21 heavy (non-hydrogen) atoms. The maximum atomic E-state index is 6.27. The molecule has 0 aliphatic carbocycles. The van der Waals surface area contributed by atoms with E-state index in [-0.39, 0.29) is 0 Å². The van der Waals surface area contributed by atoms with Gasteiger partial charge in [0.25, 0.3) is 0 Å². The van der Waals surface area contributed by atoms with Gasteiger partial charge in [0.05, 0.1) is 12.7 Å². The molecular weight excluding hydrogens is 260 g/mol. The van der Waals surface area contributed by atoms with Gasteiger partial charge in [0.2, 0.25) is 0 Å². The Morgan fingerprint density at radius 1 is 1.24 bits per heavy atom. The van der Waals surface area contributed by atoms with Crippen LogP contribution in [0.1, 0.15) is 25.8 Å². The van der Waals surface area contributed by atoms with Gasteiger partial charge >= 0.3 is 0 Å². The standard InChI is InChI=1S/C18H24N2O/c1-3-17-12-21-13(2)10-20(17)11-16-8-14-6-4-5-7-15(14)9-18(16)19/h4-9,13,17H,3,10-12,19H2,1-2H3. The van der Waals surface area contributed by atoms with Crippen LogP contribution < -0.4 is 5.73 Å². The lowest BCUT2D eigenvalue weighted by Gasteiger charge is -2.38. The second-order valence-corrected chi connectivity index (χ2v) is 6.03. The van der Waals surface area contributed by atoms with Crippen LogP contribution in [0.25, 0.3) is 10.8 Å². The van der Waals surface area contributed by atoms with Gasteiger partial charge in [-0.1, -0.05) is 31.2 Å². The van der Waals surface area contributed by atoms with Gasteiger partial charge < -0.3 is 10.5 Å². The van der Waals surface area contributed by atoms with Gasteiger partial charge in [-0.05, 0) is 41.8 Å². The number of benzene rings is 2. The Morgan fingerprint density at radius 3 is 2.67 bits per heavy atom. The zero-order valence-electron chi connectivity index (χ0n) is 12.9. The van der Waals surface area contributed by atoms with Crippen molar-refractivity contribution in [1.82, 2.24) is 4.90 Å². The summed E-state index contributed by atoms with van der Waals surface area (Å²) >= 11 is 0. The van der Waals surface area contributed by atoms with Crippen LogP contribution in [0, 0.1) is 0 Å². The number of rotatable bonds is 3. The van der Waals surface area contributed by atoms with E-state index in [0.717, 1.165) is 31.8 Å². The summed E-state index contributed by atoms with van der Waals surface area (Å²) in [6.07, 6.45) is 1.41. The molecule has 1 saturated heterocycles. The number of fused-ring (bicyclic) bond motifs is 1. The molecule has 1 aliphatic heterocycles. The molecule has 0 radical (unpaired) electrons. The maximum absolute atomic E-state index is 6.27. The SMILES string of the molecule is CCC1COC(C)CN1Cc1cc2ccccc2cc1N. The minimum absolute atomic E-state index is 0.300. The Kier molecular flexibility index (Phi) is 4.13. The summed E-state index contributed by atoms with van der Waals surface area (Å²) in [6, 6.07) is 13.2. The summed E-state index contributed by atoms with van der Waals surface area (Å²) < 4.78 is 5.78. The van der Waals surface area contributed by atoms with Crippen LogP contribution in [0.2, 0.25) is 0 Å². The molecule has 0 saturated carbocycles. The molecule has 0 aromatic heterocycles. The summed E-state index contributed by atoms with van der Waals surface area (Å²) in [5.41, 5.74) is 8.38. The van der Waals surface area contributed by atoms with Crippen molar-refractivity contribution in [3.63, 3.8) is 0 Å².